The van der Waals surface area contributed by atoms with Crippen LogP contribution in [0.2, 0.25) is 0 Å². The summed E-state index contributed by atoms with van der Waals surface area (Å²) in [5, 5.41) is 24.2. The van der Waals surface area contributed by atoms with Crippen molar-refractivity contribution in [3.8, 4) is 0 Å². The maximum atomic E-state index is 8.06. The van der Waals surface area contributed by atoms with E-state index in [0.29, 0.717) is 0 Å². The van der Waals surface area contributed by atoms with Crippen molar-refractivity contribution in [2.75, 3.05) is 0 Å². The quantitative estimate of drug-likeness (QED) is 0.555. The maximum absolute atomic E-state index is 8.06. The number of rotatable bonds is 0. The zero-order chi connectivity index (χ0) is 10.7. The van der Waals surface area contributed by atoms with E-state index in [1.165, 1.54) is 0 Å². The second-order valence-corrected chi connectivity index (χ2v) is 3.28. The van der Waals surface area contributed by atoms with Gasteiger partial charge in [-0.25, -0.2) is 0 Å². The summed E-state index contributed by atoms with van der Waals surface area (Å²) in [5.74, 6) is 0. The van der Waals surface area contributed by atoms with Crippen LogP contribution in [0.3, 0.4) is 0 Å². The largest absolute Gasteiger partial charge is 0.870 e. The summed E-state index contributed by atoms with van der Waals surface area (Å²) in [6.07, 6.45) is -0.500. The molecular weight excluding hydrogens is 220 g/mol. The predicted molar refractivity (Wildman–Crippen MR) is 54.0 cm³/mol. The van der Waals surface area contributed by atoms with E-state index < -0.39 is 0 Å². The Balaban J connectivity index is -0.0000000270. The van der Waals surface area contributed by atoms with Crippen LogP contribution in [-0.4, -0.2) is 39.1 Å². The molecule has 0 amide bonds. The van der Waals surface area contributed by atoms with Gasteiger partial charge in [-0.05, 0) is 41.5 Å². The van der Waals surface area contributed by atoms with Crippen molar-refractivity contribution < 1.29 is 42.5 Å². The van der Waals surface area contributed by atoms with Crippen LogP contribution in [0.5, 0.6) is 0 Å². The first kappa shape index (κ1) is 29.3. The Morgan fingerprint density at radius 1 is 0.571 bits per heavy atom. The first-order valence-corrected chi connectivity index (χ1v) is 4.24. The Bertz CT molecular complexity index is 45.3. The van der Waals surface area contributed by atoms with Crippen molar-refractivity contribution in [1.29, 1.82) is 0 Å². The third kappa shape index (κ3) is 5460. The van der Waals surface area contributed by atoms with Crippen LogP contribution in [0.15, 0.2) is 0 Å². The second kappa shape index (κ2) is 23.4. The Kier molecular flexibility index (Phi) is 49.0. The molecule has 0 aromatic heterocycles. The fourth-order valence-electron chi connectivity index (χ4n) is 0. The fourth-order valence-corrected chi connectivity index (χ4v) is 0. The molecule has 0 saturated heterocycles. The summed E-state index contributed by atoms with van der Waals surface area (Å²) in [4.78, 5) is 0. The van der Waals surface area contributed by atoms with E-state index in [-0.39, 0.29) is 45.5 Å². The third-order valence-corrected chi connectivity index (χ3v) is 0. The summed E-state index contributed by atoms with van der Waals surface area (Å²) >= 11 is 0. The van der Waals surface area contributed by atoms with Gasteiger partial charge in [0.2, 0.25) is 0 Å². The topological polar surface area (TPSA) is 90.7 Å². The molecule has 0 fully saturated rings. The van der Waals surface area contributed by atoms with Crippen LogP contribution >= 0.6 is 0 Å². The summed E-state index contributed by atoms with van der Waals surface area (Å²) in [7, 11) is 0. The standard InChI is InChI=1S/3C3H8O.H2O.Ti/c3*1-3(2)4;;/h3*3-4H,1-2H3;1H2;/p-1. The second-order valence-electron chi connectivity index (χ2n) is 3.28. The zero-order valence-corrected chi connectivity index (χ0v) is 11.6. The summed E-state index contributed by atoms with van der Waals surface area (Å²) in [5.41, 5.74) is 0. The van der Waals surface area contributed by atoms with Gasteiger partial charge in [0.15, 0.2) is 0 Å². The van der Waals surface area contributed by atoms with Gasteiger partial charge in [-0.2, -0.15) is 0 Å². The summed E-state index contributed by atoms with van der Waals surface area (Å²) in [6, 6.07) is 0. The molecule has 0 rings (SSSR count). The number of hydrogen-bond acceptors (Lipinski definition) is 4. The van der Waals surface area contributed by atoms with E-state index in [9.17, 15) is 0 Å². The van der Waals surface area contributed by atoms with E-state index in [1.807, 2.05) is 0 Å². The molecule has 0 spiro atoms. The van der Waals surface area contributed by atoms with Crippen molar-refractivity contribution >= 4 is 0 Å². The van der Waals surface area contributed by atoms with Gasteiger partial charge in [-0.15, -0.1) is 0 Å². The fraction of sp³-hybridized carbons (Fsp3) is 1.00. The molecule has 0 saturated carbocycles. The minimum absolute atomic E-state index is 0. The number of aliphatic hydroxyl groups is 3. The molecule has 0 aliphatic heterocycles. The van der Waals surface area contributed by atoms with E-state index in [0.717, 1.165) is 0 Å². The van der Waals surface area contributed by atoms with Gasteiger partial charge in [0.25, 0.3) is 0 Å². The molecule has 0 atom stereocenters. The van der Waals surface area contributed by atoms with Gasteiger partial charge < -0.3 is 20.8 Å². The Morgan fingerprint density at radius 3 is 0.571 bits per heavy atom. The minimum Gasteiger partial charge on any atom is -0.870 e. The van der Waals surface area contributed by atoms with Gasteiger partial charge in [0.1, 0.15) is 0 Å². The zero-order valence-electron chi connectivity index (χ0n) is 10.0. The molecule has 0 aliphatic carbocycles. The smallest absolute Gasteiger partial charge is 0.0483 e. The van der Waals surface area contributed by atoms with Crippen molar-refractivity contribution in [3.63, 3.8) is 0 Å². The molecule has 0 bridgehead atoms. The summed E-state index contributed by atoms with van der Waals surface area (Å²) < 4.78 is 0. The molecule has 0 radical (unpaired) electrons. The predicted octanol–water partition coefficient (Wildman–Crippen LogP) is 0.982. The SMILES string of the molecule is CC(C)O.CC(C)O.CC(C)O.[OH-].[Ti]. The van der Waals surface area contributed by atoms with Gasteiger partial charge in [-0.1, -0.05) is 0 Å². The monoisotopic (exact) mass is 245 g/mol. The molecule has 4 nitrogen and oxygen atoms in total. The van der Waals surface area contributed by atoms with E-state index in [1.54, 1.807) is 41.5 Å². The van der Waals surface area contributed by atoms with E-state index in [2.05, 4.69) is 0 Å². The minimum atomic E-state index is -0.167. The van der Waals surface area contributed by atoms with Crippen LogP contribution in [0.4, 0.5) is 0 Å². The molecule has 0 aromatic carbocycles. The Hall–Kier alpha value is 0.554. The molecule has 14 heavy (non-hydrogen) atoms. The van der Waals surface area contributed by atoms with Gasteiger partial charge in [0.05, 0.1) is 0 Å². The van der Waals surface area contributed by atoms with E-state index >= 15 is 0 Å². The molecule has 0 unspecified atom stereocenters. The van der Waals surface area contributed by atoms with Crippen molar-refractivity contribution in [2.45, 2.75) is 59.9 Å². The summed E-state index contributed by atoms with van der Waals surface area (Å²) in [6.45, 7) is 10.3. The van der Waals surface area contributed by atoms with Gasteiger partial charge in [-0.3, -0.25) is 0 Å². The third-order valence-electron chi connectivity index (χ3n) is 0. The molecule has 90 valence electrons. The van der Waals surface area contributed by atoms with Gasteiger partial charge in [0, 0.05) is 40.0 Å². The Labute approximate surface area is 103 Å². The van der Waals surface area contributed by atoms with Crippen molar-refractivity contribution in [2.24, 2.45) is 0 Å². The van der Waals surface area contributed by atoms with E-state index in [4.69, 9.17) is 15.3 Å². The van der Waals surface area contributed by atoms with Crippen LogP contribution in [0.1, 0.15) is 41.5 Å². The molecule has 4 N–H and O–H groups in total. The first-order chi connectivity index (χ1) is 5.20. The molecule has 0 aliphatic rings. The average Bonchev–Trinajstić information content (AvgIpc) is 1.54. The van der Waals surface area contributed by atoms with Crippen LogP contribution in [0, 0.1) is 0 Å². The van der Waals surface area contributed by atoms with Crippen LogP contribution < -0.4 is 0 Å². The average molecular weight is 245 g/mol. The number of aliphatic hydroxyl groups excluding tert-OH is 3. The van der Waals surface area contributed by atoms with Crippen LogP contribution in [0.25, 0.3) is 0 Å². The number of hydrogen-bond donors (Lipinski definition) is 3. The molecular formula is C9H25O4Ti-. The molecule has 5 heteroatoms. The van der Waals surface area contributed by atoms with Crippen molar-refractivity contribution in [3.05, 3.63) is 0 Å². The Morgan fingerprint density at radius 2 is 0.571 bits per heavy atom. The molecule has 0 heterocycles. The normalized spacial score (nSPS) is 7.71. The first-order valence-electron chi connectivity index (χ1n) is 4.24. The maximum Gasteiger partial charge on any atom is 0.0483 e. The van der Waals surface area contributed by atoms with Gasteiger partial charge >= 0.3 is 0 Å². The van der Waals surface area contributed by atoms with Crippen LogP contribution in [-0.2, 0) is 21.7 Å². The molecule has 0 aromatic rings. The van der Waals surface area contributed by atoms with Crippen molar-refractivity contribution in [1.82, 2.24) is 0 Å².